The van der Waals surface area contributed by atoms with Crippen LogP contribution in [0.15, 0.2) is 53.6 Å². The van der Waals surface area contributed by atoms with Crippen LogP contribution >= 0.6 is 23.2 Å². The number of fused-ring (bicyclic) bond motifs is 1. The molecule has 4 rings (SSSR count). The first-order valence-electron chi connectivity index (χ1n) is 10.6. The van der Waals surface area contributed by atoms with Gasteiger partial charge in [0.15, 0.2) is 0 Å². The first kappa shape index (κ1) is 25.2. The van der Waals surface area contributed by atoms with Crippen LogP contribution < -0.4 is 10.0 Å². The van der Waals surface area contributed by atoms with Crippen LogP contribution in [-0.2, 0) is 23.0 Å². The number of nitrogens with one attached hydrogen (secondary N) is 2. The number of rotatable bonds is 6. The average Bonchev–Trinajstić information content (AvgIpc) is 3.18. The third-order valence-electron chi connectivity index (χ3n) is 5.43. The highest BCUT2D eigenvalue weighted by Crippen LogP contribution is 2.31. The number of halogens is 4. The Hall–Kier alpha value is -2.95. The number of carbonyl (C=O) groups is 1. The first-order valence-corrected chi connectivity index (χ1v) is 12.8. The predicted octanol–water partition coefficient (Wildman–Crippen LogP) is 4.92. The van der Waals surface area contributed by atoms with E-state index in [2.05, 4.69) is 10.4 Å². The van der Waals surface area contributed by atoms with Crippen molar-refractivity contribution in [3.63, 3.8) is 0 Å². The minimum Gasteiger partial charge on any atom is -0.334 e. The lowest BCUT2D eigenvalue weighted by molar-refractivity contribution is 0.247. The summed E-state index contributed by atoms with van der Waals surface area (Å²) in [6, 6.07) is 6.02. The molecule has 7 nitrogen and oxygen atoms in total. The fourth-order valence-corrected chi connectivity index (χ4v) is 5.30. The zero-order valence-electron chi connectivity index (χ0n) is 18.2. The van der Waals surface area contributed by atoms with Crippen molar-refractivity contribution in [2.75, 3.05) is 6.54 Å². The summed E-state index contributed by atoms with van der Waals surface area (Å²) in [6.45, 7) is 0.458. The Labute approximate surface area is 210 Å². The number of sulfonamides is 1. The van der Waals surface area contributed by atoms with Crippen LogP contribution in [0.25, 0.3) is 5.57 Å². The van der Waals surface area contributed by atoms with Gasteiger partial charge in [-0.25, -0.2) is 26.7 Å². The van der Waals surface area contributed by atoms with E-state index in [4.69, 9.17) is 23.2 Å². The van der Waals surface area contributed by atoms with Crippen LogP contribution in [0.1, 0.15) is 29.7 Å². The van der Waals surface area contributed by atoms with Crippen LogP contribution in [-0.4, -0.2) is 30.8 Å². The maximum absolute atomic E-state index is 13.3. The van der Waals surface area contributed by atoms with Gasteiger partial charge in [-0.1, -0.05) is 35.3 Å². The Balaban J connectivity index is 1.45. The number of carbonyl (C=O) groups excluding carboxylic acids is 1. The molecule has 2 amide bonds. The van der Waals surface area contributed by atoms with Crippen molar-refractivity contribution >= 4 is 44.8 Å². The van der Waals surface area contributed by atoms with Crippen LogP contribution in [0.4, 0.5) is 13.6 Å². The first-order chi connectivity index (χ1) is 16.6. The van der Waals surface area contributed by atoms with E-state index in [0.29, 0.717) is 34.8 Å². The number of aryl methyl sites for hydroxylation is 1. The average molecular weight is 541 g/mol. The minimum absolute atomic E-state index is 0.0283. The van der Waals surface area contributed by atoms with Crippen molar-refractivity contribution in [2.24, 2.45) is 0 Å². The minimum atomic E-state index is -4.45. The van der Waals surface area contributed by atoms with E-state index in [1.807, 2.05) is 10.7 Å². The molecule has 0 saturated heterocycles. The SMILES string of the molecule is O=C(NC/C=C1\CCCc2cnn(Cc3ccc(Cl)cc3Cl)c21)NS(=O)(=O)c1cc(F)cc(F)c1. The van der Waals surface area contributed by atoms with Crippen LogP contribution in [0.5, 0.6) is 0 Å². The van der Waals surface area contributed by atoms with Crippen molar-refractivity contribution in [3.8, 4) is 0 Å². The maximum atomic E-state index is 13.3. The summed E-state index contributed by atoms with van der Waals surface area (Å²) in [5.41, 5.74) is 3.78. The second-order valence-electron chi connectivity index (χ2n) is 7.92. The standard InChI is InChI=1S/C23H20Cl2F2N4O3S/c24-17-5-4-16(21(25)8-17)13-31-22-14(2-1-3-15(22)12-29-31)6-7-28-23(32)30-35(33,34)20-10-18(26)9-19(27)11-20/h4-6,8-12H,1-3,7,13H2,(H2,28,30,32)/b14-6+. The summed E-state index contributed by atoms with van der Waals surface area (Å²) in [7, 11) is -4.45. The molecule has 0 bridgehead atoms. The summed E-state index contributed by atoms with van der Waals surface area (Å²) in [5.74, 6) is -2.14. The molecule has 2 aromatic carbocycles. The molecule has 1 aromatic heterocycles. The maximum Gasteiger partial charge on any atom is 0.328 e. The van der Waals surface area contributed by atoms with Crippen molar-refractivity contribution < 1.29 is 22.0 Å². The van der Waals surface area contributed by atoms with Gasteiger partial charge in [0.25, 0.3) is 10.0 Å². The highest BCUT2D eigenvalue weighted by Gasteiger charge is 2.21. The molecule has 2 N–H and O–H groups in total. The number of urea groups is 1. The highest BCUT2D eigenvalue weighted by molar-refractivity contribution is 7.90. The van der Waals surface area contributed by atoms with Gasteiger partial charge in [0.2, 0.25) is 0 Å². The summed E-state index contributed by atoms with van der Waals surface area (Å²) < 4.78 is 54.8. The Morgan fingerprint density at radius 3 is 2.57 bits per heavy atom. The lowest BCUT2D eigenvalue weighted by Crippen LogP contribution is -2.39. The number of nitrogens with zero attached hydrogens (tertiary/aromatic N) is 2. The quantitative estimate of drug-likeness (QED) is 0.463. The molecule has 0 radical (unpaired) electrons. The molecular weight excluding hydrogens is 521 g/mol. The van der Waals surface area contributed by atoms with E-state index >= 15 is 0 Å². The van der Waals surface area contributed by atoms with E-state index in [9.17, 15) is 22.0 Å². The van der Waals surface area contributed by atoms with Crippen molar-refractivity contribution in [3.05, 3.63) is 87.2 Å². The van der Waals surface area contributed by atoms with E-state index < -0.39 is 32.6 Å². The van der Waals surface area contributed by atoms with E-state index in [0.717, 1.165) is 41.7 Å². The third-order valence-corrected chi connectivity index (χ3v) is 7.33. The zero-order chi connectivity index (χ0) is 25.2. The molecule has 35 heavy (non-hydrogen) atoms. The largest absolute Gasteiger partial charge is 0.334 e. The van der Waals surface area contributed by atoms with Gasteiger partial charge in [0.1, 0.15) is 11.6 Å². The summed E-state index contributed by atoms with van der Waals surface area (Å²) in [6.07, 6.45) is 6.09. The topological polar surface area (TPSA) is 93.1 Å². The fraction of sp³-hybridized carbons (Fsp3) is 0.217. The molecule has 0 saturated carbocycles. The molecule has 0 aliphatic heterocycles. The van der Waals surface area contributed by atoms with Gasteiger partial charge in [0.05, 0.1) is 23.3 Å². The summed E-state index contributed by atoms with van der Waals surface area (Å²) in [5, 5.41) is 7.99. The van der Waals surface area contributed by atoms with Crippen LogP contribution in [0.3, 0.4) is 0 Å². The lowest BCUT2D eigenvalue weighted by atomic mass is 9.92. The fourth-order valence-electron chi connectivity index (χ4n) is 3.86. The highest BCUT2D eigenvalue weighted by atomic mass is 35.5. The number of allylic oxidation sites excluding steroid dienone is 1. The smallest absolute Gasteiger partial charge is 0.328 e. The number of amides is 2. The van der Waals surface area contributed by atoms with Gasteiger partial charge >= 0.3 is 6.03 Å². The van der Waals surface area contributed by atoms with E-state index in [1.54, 1.807) is 29.1 Å². The number of aromatic nitrogens is 2. The monoisotopic (exact) mass is 540 g/mol. The van der Waals surface area contributed by atoms with E-state index in [1.165, 1.54) is 0 Å². The van der Waals surface area contributed by atoms with Gasteiger partial charge < -0.3 is 5.32 Å². The molecule has 184 valence electrons. The molecule has 0 atom stereocenters. The van der Waals surface area contributed by atoms with Crippen LogP contribution in [0.2, 0.25) is 10.0 Å². The summed E-state index contributed by atoms with van der Waals surface area (Å²) in [4.78, 5) is 11.5. The molecule has 0 unspecified atom stereocenters. The molecule has 3 aromatic rings. The Morgan fingerprint density at radius 2 is 1.86 bits per heavy atom. The second kappa shape index (κ2) is 10.3. The number of benzene rings is 2. The second-order valence-corrected chi connectivity index (χ2v) is 10.4. The number of hydrogen-bond acceptors (Lipinski definition) is 4. The van der Waals surface area contributed by atoms with Gasteiger partial charge in [-0.2, -0.15) is 5.10 Å². The molecule has 1 heterocycles. The van der Waals surface area contributed by atoms with Crippen molar-refractivity contribution in [2.45, 2.75) is 30.7 Å². The normalized spacial score (nSPS) is 14.6. The lowest BCUT2D eigenvalue weighted by Gasteiger charge is -2.18. The Morgan fingerprint density at radius 1 is 1.11 bits per heavy atom. The Kier molecular flexibility index (Phi) is 7.44. The van der Waals surface area contributed by atoms with Crippen LogP contribution in [0, 0.1) is 11.6 Å². The van der Waals surface area contributed by atoms with Crippen molar-refractivity contribution in [1.29, 1.82) is 0 Å². The molecule has 1 aliphatic carbocycles. The third kappa shape index (κ3) is 6.01. The zero-order valence-corrected chi connectivity index (χ0v) is 20.5. The molecular formula is C23H20Cl2F2N4O3S. The van der Waals surface area contributed by atoms with Gasteiger partial charge in [-0.3, -0.25) is 4.68 Å². The molecule has 0 spiro atoms. The van der Waals surface area contributed by atoms with Gasteiger partial charge in [-0.15, -0.1) is 0 Å². The number of hydrogen-bond donors (Lipinski definition) is 2. The van der Waals surface area contributed by atoms with E-state index in [-0.39, 0.29) is 6.54 Å². The van der Waals surface area contributed by atoms with Gasteiger partial charge in [-0.05, 0) is 60.2 Å². The summed E-state index contributed by atoms with van der Waals surface area (Å²) >= 11 is 12.3. The predicted molar refractivity (Wildman–Crippen MR) is 129 cm³/mol. The Bertz CT molecular complexity index is 1400. The molecule has 0 fully saturated rings. The molecule has 12 heteroatoms. The van der Waals surface area contributed by atoms with Gasteiger partial charge in [0, 0.05) is 22.7 Å². The van der Waals surface area contributed by atoms with Crippen molar-refractivity contribution in [1.82, 2.24) is 19.8 Å². The molecule has 1 aliphatic rings.